The Bertz CT molecular complexity index is 237. The van der Waals surface area contributed by atoms with E-state index in [9.17, 15) is 4.79 Å². The second-order valence-electron chi connectivity index (χ2n) is 5.31. The molecule has 1 amide bonds. The average Bonchev–Trinajstić information content (AvgIpc) is 2.35. The van der Waals surface area contributed by atoms with E-state index in [0.717, 1.165) is 39.0 Å². The van der Waals surface area contributed by atoms with Crippen LogP contribution in [-0.4, -0.2) is 55.5 Å². The molecule has 0 aliphatic carbocycles. The predicted molar refractivity (Wildman–Crippen MR) is 70.7 cm³/mol. The van der Waals surface area contributed by atoms with E-state index in [1.54, 1.807) is 0 Å². The maximum absolute atomic E-state index is 12.3. The van der Waals surface area contributed by atoms with Crippen molar-refractivity contribution in [3.8, 4) is 0 Å². The Hall–Kier alpha value is -0.610. The molecule has 2 unspecified atom stereocenters. The number of amides is 1. The van der Waals surface area contributed by atoms with E-state index in [1.807, 2.05) is 4.90 Å². The summed E-state index contributed by atoms with van der Waals surface area (Å²) in [5.74, 6) is 0.870. The van der Waals surface area contributed by atoms with Crippen LogP contribution in [0.25, 0.3) is 0 Å². The fourth-order valence-corrected chi connectivity index (χ4v) is 2.24. The van der Waals surface area contributed by atoms with Gasteiger partial charge in [-0.05, 0) is 19.4 Å². The van der Waals surface area contributed by atoms with Crippen LogP contribution in [0, 0.1) is 11.8 Å². The summed E-state index contributed by atoms with van der Waals surface area (Å²) >= 11 is 0. The maximum atomic E-state index is 12.3. The first-order valence-electron chi connectivity index (χ1n) is 6.75. The Balaban J connectivity index is 2.48. The summed E-state index contributed by atoms with van der Waals surface area (Å²) in [6.07, 6.45) is 2.05. The highest BCUT2D eigenvalue weighted by molar-refractivity contribution is 5.79. The number of likely N-dealkylation sites (N-methyl/N-ethyl adjacent to an activating group) is 1. The van der Waals surface area contributed by atoms with Gasteiger partial charge in [0.1, 0.15) is 0 Å². The fraction of sp³-hybridized carbons (Fsp3) is 0.923. The number of carbonyl (C=O) groups is 1. The molecule has 4 nitrogen and oxygen atoms in total. The second-order valence-corrected chi connectivity index (χ2v) is 5.31. The van der Waals surface area contributed by atoms with Crippen molar-refractivity contribution < 1.29 is 4.79 Å². The number of hydrogen-bond acceptors (Lipinski definition) is 3. The van der Waals surface area contributed by atoms with Gasteiger partial charge in [-0.3, -0.25) is 4.79 Å². The van der Waals surface area contributed by atoms with Crippen molar-refractivity contribution >= 4 is 5.91 Å². The third kappa shape index (κ3) is 4.28. The lowest BCUT2D eigenvalue weighted by Gasteiger charge is -2.34. The summed E-state index contributed by atoms with van der Waals surface area (Å²) < 4.78 is 0. The van der Waals surface area contributed by atoms with Gasteiger partial charge in [0, 0.05) is 32.7 Å². The third-order valence-corrected chi connectivity index (χ3v) is 3.83. The quantitative estimate of drug-likeness (QED) is 0.773. The van der Waals surface area contributed by atoms with Gasteiger partial charge in [0.2, 0.25) is 5.91 Å². The first-order valence-corrected chi connectivity index (χ1v) is 6.75. The summed E-state index contributed by atoms with van der Waals surface area (Å²) in [5.41, 5.74) is 5.75. The minimum absolute atomic E-state index is 0.0216. The van der Waals surface area contributed by atoms with E-state index in [2.05, 4.69) is 25.8 Å². The highest BCUT2D eigenvalue weighted by Crippen LogP contribution is 2.17. The van der Waals surface area contributed by atoms with Crippen LogP contribution in [0.5, 0.6) is 0 Å². The highest BCUT2D eigenvalue weighted by Gasteiger charge is 2.26. The molecule has 0 aromatic heterocycles. The van der Waals surface area contributed by atoms with Crippen molar-refractivity contribution in [1.82, 2.24) is 9.80 Å². The molecule has 2 N–H and O–H groups in total. The van der Waals surface area contributed by atoms with Crippen LogP contribution in [0.4, 0.5) is 0 Å². The van der Waals surface area contributed by atoms with Gasteiger partial charge in [-0.25, -0.2) is 0 Å². The lowest BCUT2D eigenvalue weighted by atomic mass is 9.93. The van der Waals surface area contributed by atoms with Gasteiger partial charge in [0.05, 0.1) is 5.92 Å². The molecule has 1 fully saturated rings. The normalized spacial score (nSPS) is 21.3. The van der Waals surface area contributed by atoms with Crippen molar-refractivity contribution in [2.75, 3.05) is 39.8 Å². The molecular formula is C13H27N3O. The largest absolute Gasteiger partial charge is 0.340 e. The minimum atomic E-state index is 0.0216. The van der Waals surface area contributed by atoms with Gasteiger partial charge in [0.25, 0.3) is 0 Å². The summed E-state index contributed by atoms with van der Waals surface area (Å²) in [6, 6.07) is 0. The predicted octanol–water partition coefficient (Wildman–Crippen LogP) is 0.772. The monoisotopic (exact) mass is 241 g/mol. The Labute approximate surface area is 105 Å². The zero-order valence-electron chi connectivity index (χ0n) is 11.5. The average molecular weight is 241 g/mol. The molecule has 0 radical (unpaired) electrons. The zero-order chi connectivity index (χ0) is 12.8. The van der Waals surface area contributed by atoms with E-state index >= 15 is 0 Å². The Morgan fingerprint density at radius 3 is 2.35 bits per heavy atom. The van der Waals surface area contributed by atoms with E-state index < -0.39 is 0 Å². The van der Waals surface area contributed by atoms with Gasteiger partial charge in [0.15, 0.2) is 0 Å². The number of carbonyl (C=O) groups excluding carboxylic acids is 1. The smallest absolute Gasteiger partial charge is 0.227 e. The summed E-state index contributed by atoms with van der Waals surface area (Å²) in [6.45, 7) is 8.51. The maximum Gasteiger partial charge on any atom is 0.227 e. The molecule has 4 heteroatoms. The summed E-state index contributed by atoms with van der Waals surface area (Å²) in [4.78, 5) is 16.6. The van der Waals surface area contributed by atoms with Crippen molar-refractivity contribution in [2.45, 2.75) is 26.7 Å². The molecule has 0 saturated carbocycles. The Morgan fingerprint density at radius 1 is 1.29 bits per heavy atom. The zero-order valence-corrected chi connectivity index (χ0v) is 11.5. The summed E-state index contributed by atoms with van der Waals surface area (Å²) in [5, 5.41) is 0. The molecular weight excluding hydrogens is 214 g/mol. The number of piperazine rings is 1. The van der Waals surface area contributed by atoms with Gasteiger partial charge >= 0.3 is 0 Å². The molecule has 1 heterocycles. The van der Waals surface area contributed by atoms with Gasteiger partial charge in [-0.15, -0.1) is 0 Å². The van der Waals surface area contributed by atoms with E-state index in [0.29, 0.717) is 12.5 Å². The molecule has 1 aliphatic heterocycles. The number of hydrogen-bond donors (Lipinski definition) is 1. The SMILES string of the molecule is CCC(C)CC(CN)C(=O)N1CCN(C)CC1. The molecule has 17 heavy (non-hydrogen) atoms. The Morgan fingerprint density at radius 2 is 1.88 bits per heavy atom. The molecule has 0 spiro atoms. The van der Waals surface area contributed by atoms with E-state index in [4.69, 9.17) is 5.73 Å². The third-order valence-electron chi connectivity index (χ3n) is 3.83. The molecule has 2 atom stereocenters. The first-order chi connectivity index (χ1) is 8.08. The number of nitrogens with zero attached hydrogens (tertiary/aromatic N) is 2. The van der Waals surface area contributed by atoms with Crippen molar-refractivity contribution in [1.29, 1.82) is 0 Å². The van der Waals surface area contributed by atoms with E-state index in [1.165, 1.54) is 0 Å². The summed E-state index contributed by atoms with van der Waals surface area (Å²) in [7, 11) is 2.10. The topological polar surface area (TPSA) is 49.6 Å². The van der Waals surface area contributed by atoms with Crippen molar-refractivity contribution in [2.24, 2.45) is 17.6 Å². The fourth-order valence-electron chi connectivity index (χ4n) is 2.24. The molecule has 1 aliphatic rings. The van der Waals surface area contributed by atoms with Crippen LogP contribution in [-0.2, 0) is 4.79 Å². The van der Waals surface area contributed by atoms with E-state index in [-0.39, 0.29) is 11.8 Å². The lowest BCUT2D eigenvalue weighted by Crippen LogP contribution is -2.50. The molecule has 1 saturated heterocycles. The molecule has 1 rings (SSSR count). The van der Waals surface area contributed by atoms with Gasteiger partial charge in [-0.1, -0.05) is 20.3 Å². The number of nitrogens with two attached hydrogens (primary N) is 1. The standard InChI is InChI=1S/C13H27N3O/c1-4-11(2)9-12(10-14)13(17)16-7-5-15(3)6-8-16/h11-12H,4-10,14H2,1-3H3. The van der Waals surface area contributed by atoms with Crippen LogP contribution in [0.15, 0.2) is 0 Å². The Kier molecular flexibility index (Phi) is 5.92. The lowest BCUT2D eigenvalue weighted by molar-refractivity contribution is -0.137. The highest BCUT2D eigenvalue weighted by atomic mass is 16.2. The van der Waals surface area contributed by atoms with Crippen molar-refractivity contribution in [3.05, 3.63) is 0 Å². The van der Waals surface area contributed by atoms with Crippen LogP contribution in [0.2, 0.25) is 0 Å². The van der Waals surface area contributed by atoms with Gasteiger partial charge in [-0.2, -0.15) is 0 Å². The first kappa shape index (κ1) is 14.5. The van der Waals surface area contributed by atoms with Crippen LogP contribution < -0.4 is 5.73 Å². The van der Waals surface area contributed by atoms with Crippen LogP contribution in [0.3, 0.4) is 0 Å². The molecule has 100 valence electrons. The molecule has 0 bridgehead atoms. The van der Waals surface area contributed by atoms with Gasteiger partial charge < -0.3 is 15.5 Å². The van der Waals surface area contributed by atoms with Crippen LogP contribution >= 0.6 is 0 Å². The second kappa shape index (κ2) is 6.97. The molecule has 0 aromatic carbocycles. The van der Waals surface area contributed by atoms with Crippen molar-refractivity contribution in [3.63, 3.8) is 0 Å². The molecule has 0 aromatic rings. The number of rotatable bonds is 5. The minimum Gasteiger partial charge on any atom is -0.340 e. The van der Waals surface area contributed by atoms with Crippen LogP contribution in [0.1, 0.15) is 26.7 Å².